The van der Waals surface area contributed by atoms with Gasteiger partial charge in [0.1, 0.15) is 11.8 Å². The van der Waals surface area contributed by atoms with Crippen molar-refractivity contribution in [3.8, 4) is 11.5 Å². The third-order valence-corrected chi connectivity index (χ3v) is 5.95. The highest BCUT2D eigenvalue weighted by Gasteiger charge is 2.52. The minimum atomic E-state index is -0.716. The first-order chi connectivity index (χ1) is 13.0. The molecule has 1 aromatic heterocycles. The summed E-state index contributed by atoms with van der Waals surface area (Å²) in [7, 11) is 0. The van der Waals surface area contributed by atoms with E-state index in [0.29, 0.717) is 17.5 Å². The number of aryl methyl sites for hydroxylation is 1. The van der Waals surface area contributed by atoms with Gasteiger partial charge in [-0.3, -0.25) is 9.69 Å². The number of carbonyl (C=O) groups is 2. The minimum Gasteiger partial charge on any atom is -0.444 e. The highest BCUT2D eigenvalue weighted by Crippen LogP contribution is 2.38. The number of aromatic nitrogens is 1. The summed E-state index contributed by atoms with van der Waals surface area (Å²) in [6.45, 7) is 4.34. The maximum absolute atomic E-state index is 13.0. The topological polar surface area (TPSA) is 75.4 Å². The molecule has 6 heteroatoms. The molecule has 0 unspecified atom stereocenters. The summed E-state index contributed by atoms with van der Waals surface area (Å²) in [5, 5.41) is 2.96. The van der Waals surface area contributed by atoms with Gasteiger partial charge >= 0.3 is 6.03 Å². The maximum Gasteiger partial charge on any atom is 0.325 e. The Morgan fingerprint density at radius 3 is 2.59 bits per heavy atom. The first-order valence-electron chi connectivity index (χ1n) is 9.66. The van der Waals surface area contributed by atoms with Gasteiger partial charge in [0.15, 0.2) is 0 Å². The van der Waals surface area contributed by atoms with Crippen molar-refractivity contribution in [2.45, 2.75) is 58.0 Å². The molecule has 1 N–H and O–H groups in total. The van der Waals surface area contributed by atoms with Crippen molar-refractivity contribution >= 4 is 11.9 Å². The van der Waals surface area contributed by atoms with E-state index in [0.717, 1.165) is 43.2 Å². The highest BCUT2D eigenvalue weighted by molar-refractivity contribution is 6.07. The van der Waals surface area contributed by atoms with E-state index >= 15 is 0 Å². The molecule has 2 aromatic rings. The average molecular weight is 367 g/mol. The number of imide groups is 1. The van der Waals surface area contributed by atoms with Crippen LogP contribution in [0.2, 0.25) is 0 Å². The van der Waals surface area contributed by atoms with Gasteiger partial charge < -0.3 is 9.73 Å². The molecule has 1 saturated heterocycles. The predicted octanol–water partition coefficient (Wildman–Crippen LogP) is 4.04. The number of amides is 3. The number of urea groups is 1. The molecule has 2 heterocycles. The second-order valence-electron chi connectivity index (χ2n) is 7.77. The molecule has 2 fully saturated rings. The fourth-order valence-electron chi connectivity index (χ4n) is 4.11. The monoisotopic (exact) mass is 367 g/mol. The second kappa shape index (κ2) is 6.83. The van der Waals surface area contributed by atoms with Gasteiger partial charge in [0.25, 0.3) is 5.91 Å². The third kappa shape index (κ3) is 3.24. The van der Waals surface area contributed by atoms with Gasteiger partial charge in [-0.1, -0.05) is 31.0 Å². The smallest absolute Gasteiger partial charge is 0.325 e. The standard InChI is InChI=1S/C21H25N3O3/c1-3-15-8-10-21(11-9-15)19(25)24(20(26)23-21)12-17-13-27-18(22-17)16-6-4-14(2)5-7-16/h4-7,13,15H,3,8-12H2,1-2H3,(H,23,26). The van der Waals surface area contributed by atoms with Crippen LogP contribution < -0.4 is 5.32 Å². The number of nitrogens with zero attached hydrogens (tertiary/aromatic N) is 2. The second-order valence-corrected chi connectivity index (χ2v) is 7.77. The third-order valence-electron chi connectivity index (χ3n) is 5.95. The largest absolute Gasteiger partial charge is 0.444 e. The van der Waals surface area contributed by atoms with Crippen LogP contribution in [0.4, 0.5) is 4.79 Å². The van der Waals surface area contributed by atoms with Crippen LogP contribution in [0, 0.1) is 12.8 Å². The van der Waals surface area contributed by atoms with E-state index in [1.165, 1.54) is 11.2 Å². The Bertz CT molecular complexity index is 848. The molecular formula is C21H25N3O3. The van der Waals surface area contributed by atoms with Crippen molar-refractivity contribution in [3.05, 3.63) is 41.8 Å². The lowest BCUT2D eigenvalue weighted by Crippen LogP contribution is -2.49. The summed E-state index contributed by atoms with van der Waals surface area (Å²) in [6.07, 6.45) is 6.06. The van der Waals surface area contributed by atoms with Crippen LogP contribution in [0.1, 0.15) is 50.3 Å². The predicted molar refractivity (Wildman–Crippen MR) is 101 cm³/mol. The van der Waals surface area contributed by atoms with Crippen molar-refractivity contribution in [1.29, 1.82) is 0 Å². The van der Waals surface area contributed by atoms with E-state index in [9.17, 15) is 9.59 Å². The van der Waals surface area contributed by atoms with E-state index in [4.69, 9.17) is 4.42 Å². The summed E-state index contributed by atoms with van der Waals surface area (Å²) in [5.74, 6) is 1.03. The fourth-order valence-corrected chi connectivity index (χ4v) is 4.11. The van der Waals surface area contributed by atoms with E-state index in [2.05, 4.69) is 17.2 Å². The van der Waals surface area contributed by atoms with Crippen LogP contribution in [0.5, 0.6) is 0 Å². The Hall–Kier alpha value is -2.63. The van der Waals surface area contributed by atoms with Gasteiger partial charge in [-0.25, -0.2) is 9.78 Å². The zero-order valence-corrected chi connectivity index (χ0v) is 15.8. The van der Waals surface area contributed by atoms with Crippen LogP contribution in [0.15, 0.2) is 34.9 Å². The fraction of sp³-hybridized carbons (Fsp3) is 0.476. The van der Waals surface area contributed by atoms with E-state index in [-0.39, 0.29) is 18.5 Å². The van der Waals surface area contributed by atoms with E-state index in [1.807, 2.05) is 31.2 Å². The lowest BCUT2D eigenvalue weighted by Gasteiger charge is -2.34. The number of hydrogen-bond donors (Lipinski definition) is 1. The molecule has 0 bridgehead atoms. The molecule has 142 valence electrons. The van der Waals surface area contributed by atoms with Crippen molar-refractivity contribution in [3.63, 3.8) is 0 Å². The van der Waals surface area contributed by atoms with E-state index < -0.39 is 5.54 Å². The van der Waals surface area contributed by atoms with Gasteiger partial charge in [-0.2, -0.15) is 0 Å². The first kappa shape index (κ1) is 17.8. The number of oxazole rings is 1. The Kier molecular flexibility index (Phi) is 4.50. The van der Waals surface area contributed by atoms with Crippen molar-refractivity contribution in [1.82, 2.24) is 15.2 Å². The molecule has 6 nitrogen and oxygen atoms in total. The number of nitrogens with one attached hydrogen (secondary N) is 1. The highest BCUT2D eigenvalue weighted by atomic mass is 16.3. The van der Waals surface area contributed by atoms with Crippen LogP contribution in [-0.4, -0.2) is 27.4 Å². The van der Waals surface area contributed by atoms with Gasteiger partial charge in [-0.15, -0.1) is 0 Å². The Morgan fingerprint density at radius 1 is 1.22 bits per heavy atom. The first-order valence-corrected chi connectivity index (χ1v) is 9.66. The molecule has 3 amide bonds. The van der Waals surface area contributed by atoms with Gasteiger partial charge in [0, 0.05) is 5.56 Å². The summed E-state index contributed by atoms with van der Waals surface area (Å²) >= 11 is 0. The molecule has 27 heavy (non-hydrogen) atoms. The number of benzene rings is 1. The zero-order chi connectivity index (χ0) is 19.0. The van der Waals surface area contributed by atoms with Crippen LogP contribution in [0.3, 0.4) is 0 Å². The SMILES string of the molecule is CCC1CCC2(CC1)NC(=O)N(Cc1coc(-c3ccc(C)cc3)n1)C2=O. The molecule has 0 radical (unpaired) electrons. The summed E-state index contributed by atoms with van der Waals surface area (Å²) < 4.78 is 5.56. The van der Waals surface area contributed by atoms with Crippen molar-refractivity contribution < 1.29 is 14.0 Å². The summed E-state index contributed by atoms with van der Waals surface area (Å²) in [4.78, 5) is 31.2. The normalized spacial score (nSPS) is 25.3. The van der Waals surface area contributed by atoms with Crippen LogP contribution in [-0.2, 0) is 11.3 Å². The number of carbonyl (C=O) groups excluding carboxylic acids is 2. The molecule has 2 aliphatic rings. The Labute approximate surface area is 159 Å². The summed E-state index contributed by atoms with van der Waals surface area (Å²) in [6, 6.07) is 7.55. The molecular weight excluding hydrogens is 342 g/mol. The van der Waals surface area contributed by atoms with Crippen LogP contribution in [0.25, 0.3) is 11.5 Å². The Morgan fingerprint density at radius 2 is 1.93 bits per heavy atom. The quantitative estimate of drug-likeness (QED) is 0.828. The molecule has 1 aliphatic carbocycles. The van der Waals surface area contributed by atoms with Crippen molar-refractivity contribution in [2.75, 3.05) is 0 Å². The minimum absolute atomic E-state index is 0.123. The molecule has 1 aromatic carbocycles. The van der Waals surface area contributed by atoms with E-state index in [1.54, 1.807) is 0 Å². The van der Waals surface area contributed by atoms with Gasteiger partial charge in [0.2, 0.25) is 5.89 Å². The number of rotatable bonds is 4. The molecule has 4 rings (SSSR count). The molecule has 1 saturated carbocycles. The maximum atomic E-state index is 13.0. The van der Waals surface area contributed by atoms with Gasteiger partial charge in [-0.05, 0) is 50.7 Å². The molecule has 1 spiro atoms. The lowest BCUT2D eigenvalue weighted by molar-refractivity contribution is -0.133. The van der Waals surface area contributed by atoms with Gasteiger partial charge in [0.05, 0.1) is 12.2 Å². The van der Waals surface area contributed by atoms with Crippen molar-refractivity contribution in [2.24, 2.45) is 5.92 Å². The Balaban J connectivity index is 1.48. The lowest BCUT2D eigenvalue weighted by atomic mass is 9.75. The average Bonchev–Trinajstić information content (AvgIpc) is 3.23. The molecule has 1 aliphatic heterocycles. The summed E-state index contributed by atoms with van der Waals surface area (Å²) in [5.41, 5.74) is 1.89. The van der Waals surface area contributed by atoms with Crippen LogP contribution >= 0.6 is 0 Å². The number of hydrogen-bond acceptors (Lipinski definition) is 4. The zero-order valence-electron chi connectivity index (χ0n) is 15.8. The molecule has 0 atom stereocenters.